The minimum absolute atomic E-state index is 0.273. The lowest BCUT2D eigenvalue weighted by molar-refractivity contribution is 0.0697. The van der Waals surface area contributed by atoms with Gasteiger partial charge >= 0.3 is 5.97 Å². The van der Waals surface area contributed by atoms with Gasteiger partial charge in [0.2, 0.25) is 0 Å². The van der Waals surface area contributed by atoms with Crippen molar-refractivity contribution in [2.24, 2.45) is 0 Å². The van der Waals surface area contributed by atoms with Gasteiger partial charge in [-0.2, -0.15) is 5.10 Å². The van der Waals surface area contributed by atoms with Gasteiger partial charge in [0.15, 0.2) is 0 Å². The molecule has 0 unspecified atom stereocenters. The number of rotatable bonds is 3. The molecule has 0 aliphatic heterocycles. The number of carbonyl (C=O) groups is 1. The summed E-state index contributed by atoms with van der Waals surface area (Å²) in [7, 11) is 0. The summed E-state index contributed by atoms with van der Waals surface area (Å²) in [5, 5.41) is 13.4. The number of aromatic carboxylic acids is 1. The normalized spacial score (nSPS) is 10.7. The Bertz CT molecular complexity index is 756. The highest BCUT2D eigenvalue weighted by molar-refractivity contribution is 7.15. The Labute approximate surface area is 119 Å². The summed E-state index contributed by atoms with van der Waals surface area (Å²) < 4.78 is 1.75. The van der Waals surface area contributed by atoms with Crippen molar-refractivity contribution in [3.63, 3.8) is 0 Å². The lowest BCUT2D eigenvalue weighted by Gasteiger charge is -2.01. The van der Waals surface area contributed by atoms with Gasteiger partial charge < -0.3 is 5.11 Å². The fraction of sp³-hybridized carbons (Fsp3) is 0.0667. The fourth-order valence-corrected chi connectivity index (χ4v) is 2.76. The average Bonchev–Trinajstić information content (AvgIpc) is 3.07. The first-order valence-electron chi connectivity index (χ1n) is 6.10. The zero-order chi connectivity index (χ0) is 14.1. The van der Waals surface area contributed by atoms with E-state index < -0.39 is 5.97 Å². The van der Waals surface area contributed by atoms with E-state index in [2.05, 4.69) is 24.2 Å². The van der Waals surface area contributed by atoms with Gasteiger partial charge in [-0.05, 0) is 49.4 Å². The van der Waals surface area contributed by atoms with Gasteiger partial charge in [0, 0.05) is 11.1 Å². The number of thiophene rings is 1. The maximum Gasteiger partial charge on any atom is 0.335 e. The molecule has 3 rings (SSSR count). The largest absolute Gasteiger partial charge is 0.478 e. The second kappa shape index (κ2) is 4.94. The van der Waals surface area contributed by atoms with Crippen LogP contribution in [-0.2, 0) is 0 Å². The van der Waals surface area contributed by atoms with Crippen molar-refractivity contribution in [1.29, 1.82) is 0 Å². The number of aromatic nitrogens is 2. The van der Waals surface area contributed by atoms with E-state index in [-0.39, 0.29) is 5.56 Å². The van der Waals surface area contributed by atoms with E-state index in [4.69, 9.17) is 5.11 Å². The maximum atomic E-state index is 10.8. The first-order chi connectivity index (χ1) is 9.63. The van der Waals surface area contributed by atoms with Gasteiger partial charge in [0.25, 0.3) is 0 Å². The summed E-state index contributed by atoms with van der Waals surface area (Å²) in [5.41, 5.74) is 2.04. The van der Waals surface area contributed by atoms with Crippen molar-refractivity contribution < 1.29 is 9.90 Å². The minimum atomic E-state index is -0.924. The van der Waals surface area contributed by atoms with Crippen molar-refractivity contribution in [2.75, 3.05) is 0 Å². The topological polar surface area (TPSA) is 55.1 Å². The molecule has 0 fully saturated rings. The van der Waals surface area contributed by atoms with Crippen molar-refractivity contribution in [1.82, 2.24) is 9.78 Å². The molecule has 5 heteroatoms. The minimum Gasteiger partial charge on any atom is -0.478 e. The Morgan fingerprint density at radius 3 is 2.50 bits per heavy atom. The highest BCUT2D eigenvalue weighted by Gasteiger charge is 2.07. The number of nitrogens with zero attached hydrogens (tertiary/aromatic N) is 2. The molecule has 20 heavy (non-hydrogen) atoms. The number of benzene rings is 1. The number of hydrogen-bond donors (Lipinski definition) is 1. The van der Waals surface area contributed by atoms with Crippen LogP contribution in [0.4, 0.5) is 0 Å². The van der Waals surface area contributed by atoms with Gasteiger partial charge in [0.05, 0.1) is 16.1 Å². The summed E-state index contributed by atoms with van der Waals surface area (Å²) in [6, 6.07) is 12.7. The van der Waals surface area contributed by atoms with Gasteiger partial charge in [0.1, 0.15) is 5.69 Å². The molecule has 0 radical (unpaired) electrons. The highest BCUT2D eigenvalue weighted by Crippen LogP contribution is 2.26. The van der Waals surface area contributed by atoms with Crippen molar-refractivity contribution in [3.8, 4) is 16.3 Å². The van der Waals surface area contributed by atoms with E-state index >= 15 is 0 Å². The third-order valence-corrected chi connectivity index (χ3v) is 3.98. The average molecular weight is 284 g/mol. The van der Waals surface area contributed by atoms with E-state index in [1.54, 1.807) is 40.3 Å². The second-order valence-electron chi connectivity index (χ2n) is 4.41. The number of carboxylic acids is 1. The molecule has 1 N–H and O–H groups in total. The Kier molecular flexibility index (Phi) is 3.12. The maximum absolute atomic E-state index is 10.8. The van der Waals surface area contributed by atoms with Gasteiger partial charge in [-0.25, -0.2) is 9.48 Å². The first kappa shape index (κ1) is 12.6. The zero-order valence-electron chi connectivity index (χ0n) is 10.8. The van der Waals surface area contributed by atoms with Crippen LogP contribution in [0.2, 0.25) is 0 Å². The van der Waals surface area contributed by atoms with Crippen LogP contribution in [-0.4, -0.2) is 20.9 Å². The van der Waals surface area contributed by atoms with Crippen LogP contribution >= 0.6 is 11.3 Å². The van der Waals surface area contributed by atoms with Gasteiger partial charge in [-0.3, -0.25) is 0 Å². The summed E-state index contributed by atoms with van der Waals surface area (Å²) in [6.45, 7) is 2.07. The lowest BCUT2D eigenvalue weighted by Crippen LogP contribution is -1.98. The third-order valence-electron chi connectivity index (χ3n) is 2.96. The number of aryl methyl sites for hydroxylation is 1. The Morgan fingerprint density at radius 1 is 1.15 bits per heavy atom. The van der Waals surface area contributed by atoms with Gasteiger partial charge in [-0.1, -0.05) is 0 Å². The predicted octanol–water partition coefficient (Wildman–Crippen LogP) is 3.61. The van der Waals surface area contributed by atoms with Crippen LogP contribution in [0, 0.1) is 6.92 Å². The first-order valence-corrected chi connectivity index (χ1v) is 6.91. The zero-order valence-corrected chi connectivity index (χ0v) is 11.6. The molecule has 2 aromatic heterocycles. The van der Waals surface area contributed by atoms with Crippen LogP contribution in [0.15, 0.2) is 48.7 Å². The van der Waals surface area contributed by atoms with E-state index in [1.807, 2.05) is 12.3 Å². The molecule has 0 saturated carbocycles. The van der Waals surface area contributed by atoms with E-state index in [1.165, 1.54) is 4.88 Å². The van der Waals surface area contributed by atoms with Crippen molar-refractivity contribution in [2.45, 2.75) is 6.92 Å². The van der Waals surface area contributed by atoms with Crippen LogP contribution < -0.4 is 0 Å². The van der Waals surface area contributed by atoms with E-state index in [0.29, 0.717) is 0 Å². The fourth-order valence-electron chi connectivity index (χ4n) is 1.93. The SMILES string of the molecule is Cc1ccc(-c2ccn(-c3ccc(C(=O)O)cc3)n2)s1. The Balaban J connectivity index is 1.91. The van der Waals surface area contributed by atoms with Crippen LogP contribution in [0.25, 0.3) is 16.3 Å². The summed E-state index contributed by atoms with van der Waals surface area (Å²) in [6.07, 6.45) is 1.88. The highest BCUT2D eigenvalue weighted by atomic mass is 32.1. The number of hydrogen-bond acceptors (Lipinski definition) is 3. The van der Waals surface area contributed by atoms with E-state index in [0.717, 1.165) is 16.3 Å². The smallest absolute Gasteiger partial charge is 0.335 e. The molecule has 0 atom stereocenters. The predicted molar refractivity (Wildman–Crippen MR) is 78.6 cm³/mol. The van der Waals surface area contributed by atoms with E-state index in [9.17, 15) is 4.79 Å². The third kappa shape index (κ3) is 2.35. The monoisotopic (exact) mass is 284 g/mol. The van der Waals surface area contributed by atoms with Gasteiger partial charge in [-0.15, -0.1) is 11.3 Å². The molecule has 0 bridgehead atoms. The molecule has 3 aromatic rings. The molecule has 0 aliphatic rings. The van der Waals surface area contributed by atoms with Crippen molar-refractivity contribution >= 4 is 17.3 Å². The molecule has 4 nitrogen and oxygen atoms in total. The molecule has 100 valence electrons. The molecule has 1 aromatic carbocycles. The lowest BCUT2D eigenvalue weighted by atomic mass is 10.2. The number of carboxylic acid groups (broad SMARTS) is 1. The molecule has 0 saturated heterocycles. The molecule has 2 heterocycles. The van der Waals surface area contributed by atoms with Crippen LogP contribution in [0.1, 0.15) is 15.2 Å². The van der Waals surface area contributed by atoms with Crippen LogP contribution in [0.3, 0.4) is 0 Å². The molecular formula is C15H12N2O2S. The van der Waals surface area contributed by atoms with Crippen LogP contribution in [0.5, 0.6) is 0 Å². The quantitative estimate of drug-likeness (QED) is 0.799. The molecule has 0 spiro atoms. The molecule has 0 aliphatic carbocycles. The summed E-state index contributed by atoms with van der Waals surface area (Å²) >= 11 is 1.70. The second-order valence-corrected chi connectivity index (χ2v) is 5.70. The molecule has 0 amide bonds. The Hall–Kier alpha value is -2.40. The standard InChI is InChI=1S/C15H12N2O2S/c1-10-2-7-14(20-10)13-8-9-17(16-13)12-5-3-11(4-6-12)15(18)19/h2-9H,1H3,(H,18,19). The Morgan fingerprint density at radius 2 is 1.90 bits per heavy atom. The van der Waals surface area contributed by atoms with Crippen molar-refractivity contribution in [3.05, 3.63) is 59.1 Å². The summed E-state index contributed by atoms with van der Waals surface area (Å²) in [4.78, 5) is 13.2. The summed E-state index contributed by atoms with van der Waals surface area (Å²) in [5.74, 6) is -0.924. The molecular weight excluding hydrogens is 272 g/mol.